The molecule has 0 aliphatic carbocycles. The second-order valence-corrected chi connectivity index (χ2v) is 6.67. The summed E-state index contributed by atoms with van der Waals surface area (Å²) in [7, 11) is 3.20. The van der Waals surface area contributed by atoms with Crippen LogP contribution in [0.2, 0.25) is 0 Å². The first-order chi connectivity index (χ1) is 12.6. The van der Waals surface area contributed by atoms with Gasteiger partial charge in [-0.3, -0.25) is 9.69 Å². The topological polar surface area (TPSA) is 83.1 Å². The average molecular weight is 362 g/mol. The minimum atomic E-state index is -0.342. The van der Waals surface area contributed by atoms with Gasteiger partial charge in [-0.05, 0) is 0 Å². The van der Waals surface area contributed by atoms with Gasteiger partial charge in [0, 0.05) is 26.2 Å². The van der Waals surface area contributed by atoms with E-state index in [1.54, 1.807) is 7.05 Å². The molecule has 2 fully saturated rings. The first-order valence-corrected chi connectivity index (χ1v) is 8.89. The fourth-order valence-corrected chi connectivity index (χ4v) is 3.61. The van der Waals surface area contributed by atoms with Crippen molar-refractivity contribution in [1.82, 2.24) is 9.13 Å². The fourth-order valence-electron chi connectivity index (χ4n) is 3.61. The van der Waals surface area contributed by atoms with Crippen LogP contribution in [0.15, 0.2) is 15.7 Å². The van der Waals surface area contributed by atoms with Gasteiger partial charge < -0.3 is 14.4 Å². The largest absolute Gasteiger partial charge is 0.388 e. The predicted molar refractivity (Wildman–Crippen MR) is 97.0 cm³/mol. The smallest absolute Gasteiger partial charge is 0.378 e. The molecule has 2 saturated heterocycles. The van der Waals surface area contributed by atoms with Crippen LogP contribution in [0.25, 0.3) is 11.0 Å². The number of aryl methyl sites for hydroxylation is 1. The highest BCUT2D eigenvalue weighted by Crippen LogP contribution is 2.26. The van der Waals surface area contributed by atoms with E-state index in [1.807, 2.05) is 6.07 Å². The molecule has 0 radical (unpaired) electrons. The van der Waals surface area contributed by atoms with Crippen molar-refractivity contribution in [2.24, 2.45) is 14.1 Å². The number of rotatable bonds is 2. The maximum Gasteiger partial charge on any atom is 0.388 e. The number of morpholine rings is 2. The summed E-state index contributed by atoms with van der Waals surface area (Å²) < 4.78 is 13.6. The third kappa shape index (κ3) is 2.77. The van der Waals surface area contributed by atoms with Crippen LogP contribution in [-0.4, -0.2) is 61.7 Å². The standard InChI is InChI=1S/C17H23N5O4/c1-19-15-14(16(23)20(2)17(19)24)12(21-3-7-25-8-4-21)11-13(18-15)22-5-9-26-10-6-22/h11H,3-10H2,1-2H3/p+1. The molecule has 4 rings (SSSR count). The molecule has 0 amide bonds. The SMILES string of the molecule is Cn1c(=O)c2c(N3CCOCC3)cc(N3CCOCC3)[nH+]c2n(C)c1=O. The Labute approximate surface area is 150 Å². The molecule has 2 aromatic heterocycles. The summed E-state index contributed by atoms with van der Waals surface area (Å²) >= 11 is 0. The van der Waals surface area contributed by atoms with Crippen LogP contribution in [0.1, 0.15) is 0 Å². The molecule has 9 nitrogen and oxygen atoms in total. The highest BCUT2D eigenvalue weighted by atomic mass is 16.5. The van der Waals surface area contributed by atoms with Crippen molar-refractivity contribution in [3.8, 4) is 0 Å². The number of nitrogens with one attached hydrogen (secondary N) is 1. The molecule has 0 spiro atoms. The molecule has 2 aliphatic heterocycles. The average Bonchev–Trinajstić information content (AvgIpc) is 2.71. The van der Waals surface area contributed by atoms with E-state index in [9.17, 15) is 9.59 Å². The van der Waals surface area contributed by atoms with Crippen molar-refractivity contribution in [2.45, 2.75) is 0 Å². The summed E-state index contributed by atoms with van der Waals surface area (Å²) in [6.45, 7) is 5.54. The molecule has 9 heteroatoms. The van der Waals surface area contributed by atoms with Gasteiger partial charge in [0.2, 0.25) is 11.5 Å². The Morgan fingerprint density at radius 3 is 2.08 bits per heavy atom. The molecule has 0 bridgehead atoms. The molecule has 0 aromatic carbocycles. The van der Waals surface area contributed by atoms with Gasteiger partial charge in [0.05, 0.1) is 52.3 Å². The summed E-state index contributed by atoms with van der Waals surface area (Å²) in [5.74, 6) is 0.894. The minimum Gasteiger partial charge on any atom is -0.378 e. The summed E-state index contributed by atoms with van der Waals surface area (Å²) in [4.78, 5) is 33.0. The lowest BCUT2D eigenvalue weighted by atomic mass is 10.2. The monoisotopic (exact) mass is 362 g/mol. The van der Waals surface area contributed by atoms with E-state index in [1.165, 1.54) is 11.6 Å². The Balaban J connectivity index is 1.98. The number of H-pyrrole nitrogens is 1. The summed E-state index contributed by atoms with van der Waals surface area (Å²) in [5.41, 5.74) is 0.767. The predicted octanol–water partition coefficient (Wildman–Crippen LogP) is -1.28. The van der Waals surface area contributed by atoms with Crippen molar-refractivity contribution >= 4 is 22.5 Å². The van der Waals surface area contributed by atoms with Crippen molar-refractivity contribution in [3.63, 3.8) is 0 Å². The molecule has 4 heterocycles. The van der Waals surface area contributed by atoms with E-state index < -0.39 is 0 Å². The van der Waals surface area contributed by atoms with Crippen LogP contribution in [-0.2, 0) is 23.6 Å². The minimum absolute atomic E-state index is 0.283. The number of fused-ring (bicyclic) bond motifs is 1. The lowest BCUT2D eigenvalue weighted by molar-refractivity contribution is -0.336. The first-order valence-electron chi connectivity index (χ1n) is 8.89. The Hall–Kier alpha value is -2.39. The lowest BCUT2D eigenvalue weighted by Gasteiger charge is -2.30. The fraction of sp³-hybridized carbons (Fsp3) is 0.588. The van der Waals surface area contributed by atoms with E-state index in [2.05, 4.69) is 14.8 Å². The van der Waals surface area contributed by atoms with Gasteiger partial charge in [-0.25, -0.2) is 18.9 Å². The van der Waals surface area contributed by atoms with Crippen LogP contribution >= 0.6 is 0 Å². The summed E-state index contributed by atoms with van der Waals surface area (Å²) in [6.07, 6.45) is 0. The Bertz CT molecular complexity index is 939. The third-order valence-electron chi connectivity index (χ3n) is 5.14. The van der Waals surface area contributed by atoms with E-state index in [0.717, 1.165) is 29.2 Å². The van der Waals surface area contributed by atoms with Crippen LogP contribution < -0.4 is 26.0 Å². The Morgan fingerprint density at radius 2 is 1.46 bits per heavy atom. The number of aromatic nitrogens is 3. The maximum absolute atomic E-state index is 12.9. The van der Waals surface area contributed by atoms with Gasteiger partial charge in [-0.2, -0.15) is 0 Å². The number of nitrogens with zero attached hydrogens (tertiary/aromatic N) is 4. The van der Waals surface area contributed by atoms with Crippen molar-refractivity contribution < 1.29 is 14.5 Å². The molecular formula is C17H24N5O4+. The van der Waals surface area contributed by atoms with Crippen molar-refractivity contribution in [2.75, 3.05) is 62.4 Å². The second kappa shape index (κ2) is 6.73. The third-order valence-corrected chi connectivity index (χ3v) is 5.14. The van der Waals surface area contributed by atoms with Crippen molar-refractivity contribution in [1.29, 1.82) is 0 Å². The first kappa shape index (κ1) is 17.0. The number of pyridine rings is 1. The van der Waals surface area contributed by atoms with Crippen LogP contribution in [0, 0.1) is 0 Å². The molecule has 26 heavy (non-hydrogen) atoms. The quantitative estimate of drug-likeness (QED) is 0.662. The maximum atomic E-state index is 12.9. The van der Waals surface area contributed by atoms with E-state index in [0.29, 0.717) is 50.6 Å². The number of aromatic amines is 1. The second-order valence-electron chi connectivity index (χ2n) is 6.67. The van der Waals surface area contributed by atoms with Crippen molar-refractivity contribution in [3.05, 3.63) is 26.9 Å². The molecule has 2 aliphatic rings. The van der Waals surface area contributed by atoms with Crippen LogP contribution in [0.5, 0.6) is 0 Å². The number of ether oxygens (including phenoxy) is 2. The molecule has 1 N–H and O–H groups in total. The number of anilines is 2. The van der Waals surface area contributed by atoms with Gasteiger partial charge in [0.15, 0.2) is 0 Å². The molecular weight excluding hydrogens is 338 g/mol. The van der Waals surface area contributed by atoms with E-state index in [-0.39, 0.29) is 11.2 Å². The van der Waals surface area contributed by atoms with E-state index in [4.69, 9.17) is 9.47 Å². The van der Waals surface area contributed by atoms with E-state index >= 15 is 0 Å². The highest BCUT2D eigenvalue weighted by molar-refractivity contribution is 5.88. The van der Waals surface area contributed by atoms with Gasteiger partial charge in [0.1, 0.15) is 5.39 Å². The molecule has 140 valence electrons. The van der Waals surface area contributed by atoms with Gasteiger partial charge in [-0.1, -0.05) is 0 Å². The molecule has 0 atom stereocenters. The Kier molecular flexibility index (Phi) is 4.41. The zero-order valence-electron chi connectivity index (χ0n) is 15.2. The van der Waals surface area contributed by atoms with Gasteiger partial charge in [-0.15, -0.1) is 0 Å². The summed E-state index contributed by atoms with van der Waals surface area (Å²) in [6, 6.07) is 2.02. The summed E-state index contributed by atoms with van der Waals surface area (Å²) in [5, 5.41) is 0.536. The lowest BCUT2D eigenvalue weighted by Crippen LogP contribution is -2.44. The highest BCUT2D eigenvalue weighted by Gasteiger charge is 2.26. The zero-order valence-corrected chi connectivity index (χ0v) is 15.2. The van der Waals surface area contributed by atoms with Gasteiger partial charge >= 0.3 is 5.69 Å². The van der Waals surface area contributed by atoms with Crippen LogP contribution in [0.3, 0.4) is 0 Å². The molecule has 2 aromatic rings. The molecule has 0 saturated carbocycles. The Morgan fingerprint density at radius 1 is 0.885 bits per heavy atom. The zero-order chi connectivity index (χ0) is 18.3. The van der Waals surface area contributed by atoms with Crippen LogP contribution in [0.4, 0.5) is 11.5 Å². The molecule has 0 unspecified atom stereocenters. The number of hydrogen-bond donors (Lipinski definition) is 0. The number of hydrogen-bond acceptors (Lipinski definition) is 6. The normalized spacial score (nSPS) is 18.5. The van der Waals surface area contributed by atoms with Gasteiger partial charge in [0.25, 0.3) is 5.56 Å².